The zero-order chi connectivity index (χ0) is 24.2. The highest BCUT2D eigenvalue weighted by Gasteiger charge is 2.20. The van der Waals surface area contributed by atoms with Crippen molar-refractivity contribution in [3.63, 3.8) is 0 Å². The molecule has 1 heterocycles. The van der Waals surface area contributed by atoms with Crippen LogP contribution in [0.4, 0.5) is 10.8 Å². The fourth-order valence-electron chi connectivity index (χ4n) is 2.92. The van der Waals surface area contributed by atoms with Gasteiger partial charge >= 0.3 is 0 Å². The lowest BCUT2D eigenvalue weighted by Crippen LogP contribution is -2.33. The third kappa shape index (κ3) is 5.96. The molecule has 2 amide bonds. The van der Waals surface area contributed by atoms with Crippen molar-refractivity contribution in [3.8, 4) is 11.3 Å². The maximum Gasteiger partial charge on any atom is 0.251 e. The Balaban J connectivity index is 1.60. The molecule has 3 aromatic rings. The highest BCUT2D eigenvalue weighted by atomic mass is 32.2. The zero-order valence-corrected chi connectivity index (χ0v) is 20.5. The Bertz CT molecular complexity index is 1270. The molecule has 2 aromatic carbocycles. The normalized spacial score (nSPS) is 11.3. The smallest absolute Gasteiger partial charge is 0.251 e. The van der Waals surface area contributed by atoms with Gasteiger partial charge < -0.3 is 15.5 Å². The summed E-state index contributed by atoms with van der Waals surface area (Å²) in [5, 5.41) is 6.86. The maximum absolute atomic E-state index is 12.4. The lowest BCUT2D eigenvalue weighted by Gasteiger charge is -2.12. The molecule has 0 aliphatic heterocycles. The minimum atomic E-state index is -3.50. The van der Waals surface area contributed by atoms with Crippen LogP contribution in [0.15, 0.2) is 58.8 Å². The molecule has 2 N–H and O–H groups in total. The summed E-state index contributed by atoms with van der Waals surface area (Å²) in [5.41, 5.74) is 2.88. The number of sulfone groups is 1. The highest BCUT2D eigenvalue weighted by Crippen LogP contribution is 2.27. The van der Waals surface area contributed by atoms with E-state index in [1.54, 1.807) is 13.8 Å². The second-order valence-corrected chi connectivity index (χ2v) is 11.2. The fourth-order valence-corrected chi connectivity index (χ4v) is 4.76. The molecule has 33 heavy (non-hydrogen) atoms. The number of nitrogens with one attached hydrogen (secondary N) is 2. The topological polar surface area (TPSA) is 108 Å². The van der Waals surface area contributed by atoms with Crippen molar-refractivity contribution >= 4 is 43.8 Å². The predicted molar refractivity (Wildman–Crippen MR) is 132 cm³/mol. The van der Waals surface area contributed by atoms with E-state index in [-0.39, 0.29) is 17.0 Å². The number of hydrogen-bond acceptors (Lipinski definition) is 7. The second kappa shape index (κ2) is 10.1. The minimum Gasteiger partial charge on any atom is -0.378 e. The minimum absolute atomic E-state index is 0.0725. The van der Waals surface area contributed by atoms with E-state index in [0.717, 1.165) is 16.9 Å². The van der Waals surface area contributed by atoms with Crippen LogP contribution in [0.25, 0.3) is 11.3 Å². The molecule has 3 rings (SSSR count). The van der Waals surface area contributed by atoms with E-state index in [9.17, 15) is 18.0 Å². The van der Waals surface area contributed by atoms with E-state index in [1.807, 2.05) is 48.6 Å². The van der Waals surface area contributed by atoms with E-state index >= 15 is 0 Å². The first kappa shape index (κ1) is 24.4. The monoisotopic (exact) mass is 486 g/mol. The van der Waals surface area contributed by atoms with Gasteiger partial charge in [-0.25, -0.2) is 13.4 Å². The average molecular weight is 487 g/mol. The molecule has 10 heteroatoms. The molecule has 0 spiro atoms. The first-order valence-electron chi connectivity index (χ1n) is 10.2. The lowest BCUT2D eigenvalue weighted by molar-refractivity contribution is -0.115. The Morgan fingerprint density at radius 1 is 1.09 bits per heavy atom. The molecule has 0 radical (unpaired) electrons. The van der Waals surface area contributed by atoms with Crippen molar-refractivity contribution in [2.24, 2.45) is 0 Å². The van der Waals surface area contributed by atoms with Crippen molar-refractivity contribution in [1.29, 1.82) is 0 Å². The van der Waals surface area contributed by atoms with E-state index in [1.165, 1.54) is 35.6 Å². The average Bonchev–Trinajstić information content (AvgIpc) is 3.26. The van der Waals surface area contributed by atoms with Gasteiger partial charge in [0.25, 0.3) is 5.91 Å². The molecule has 0 aliphatic carbocycles. The van der Waals surface area contributed by atoms with Crippen molar-refractivity contribution in [2.45, 2.75) is 24.0 Å². The van der Waals surface area contributed by atoms with E-state index in [2.05, 4.69) is 15.6 Å². The number of benzene rings is 2. The summed E-state index contributed by atoms with van der Waals surface area (Å²) in [4.78, 5) is 31.2. The van der Waals surface area contributed by atoms with Crippen LogP contribution >= 0.6 is 11.3 Å². The maximum atomic E-state index is 12.4. The van der Waals surface area contributed by atoms with E-state index in [4.69, 9.17) is 0 Å². The van der Waals surface area contributed by atoms with Crippen LogP contribution in [0.5, 0.6) is 0 Å². The summed E-state index contributed by atoms with van der Waals surface area (Å²) in [6.45, 7) is 2.88. The van der Waals surface area contributed by atoms with Crippen LogP contribution in [-0.2, 0) is 14.6 Å². The van der Waals surface area contributed by atoms with Gasteiger partial charge in [0.1, 0.15) is 0 Å². The summed E-state index contributed by atoms with van der Waals surface area (Å²) in [6, 6.07) is 13.7. The molecule has 0 saturated heterocycles. The van der Waals surface area contributed by atoms with Crippen LogP contribution in [0.1, 0.15) is 24.2 Å². The van der Waals surface area contributed by atoms with Crippen molar-refractivity contribution in [2.75, 3.05) is 30.9 Å². The summed E-state index contributed by atoms with van der Waals surface area (Å²) >= 11 is 1.29. The first-order chi connectivity index (χ1) is 15.6. The number of thiazole rings is 1. The molecule has 0 aliphatic rings. The van der Waals surface area contributed by atoms with Crippen LogP contribution in [0, 0.1) is 0 Å². The van der Waals surface area contributed by atoms with Gasteiger partial charge in [0.15, 0.2) is 15.0 Å². The molecule has 0 atom stereocenters. The number of aromatic nitrogens is 1. The van der Waals surface area contributed by atoms with Gasteiger partial charge in [-0.05, 0) is 44.2 Å². The standard InChI is InChI=1S/C23H26N4O4S2/c1-15(2)33(30,31)19-10-6-8-17(12-19)22(29)24-13-21(28)26-23-25-20(14-32-23)16-7-5-9-18(11-16)27(3)4/h5-12,14-15H,13H2,1-4H3,(H,24,29)(H,25,26,28). The molecule has 0 bridgehead atoms. The number of anilines is 2. The van der Waals surface area contributed by atoms with Gasteiger partial charge in [0, 0.05) is 36.3 Å². The molecule has 174 valence electrons. The predicted octanol–water partition coefficient (Wildman–Crippen LogP) is 3.43. The van der Waals surface area contributed by atoms with Crippen LogP contribution in [0.3, 0.4) is 0 Å². The van der Waals surface area contributed by atoms with Crippen LogP contribution in [0.2, 0.25) is 0 Å². The number of amides is 2. The fraction of sp³-hybridized carbons (Fsp3) is 0.261. The van der Waals surface area contributed by atoms with Crippen molar-refractivity contribution in [1.82, 2.24) is 10.3 Å². The Morgan fingerprint density at radius 3 is 2.52 bits per heavy atom. The quantitative estimate of drug-likeness (QED) is 0.505. The highest BCUT2D eigenvalue weighted by molar-refractivity contribution is 7.92. The van der Waals surface area contributed by atoms with Crippen molar-refractivity contribution in [3.05, 3.63) is 59.5 Å². The molecule has 0 unspecified atom stereocenters. The number of hydrogen-bond donors (Lipinski definition) is 2. The molecular formula is C23H26N4O4S2. The summed E-state index contributed by atoms with van der Waals surface area (Å²) in [5.74, 6) is -0.969. The van der Waals surface area contributed by atoms with Gasteiger partial charge in [0.2, 0.25) is 5.91 Å². The second-order valence-electron chi connectivity index (χ2n) is 7.84. The van der Waals surface area contributed by atoms with E-state index < -0.39 is 26.9 Å². The first-order valence-corrected chi connectivity index (χ1v) is 12.7. The van der Waals surface area contributed by atoms with Gasteiger partial charge in [-0.2, -0.15) is 0 Å². The third-order valence-corrected chi connectivity index (χ3v) is 7.77. The molecule has 0 saturated carbocycles. The van der Waals surface area contributed by atoms with Gasteiger partial charge in [0.05, 0.1) is 22.4 Å². The number of nitrogens with zero attached hydrogens (tertiary/aromatic N) is 2. The number of rotatable bonds is 8. The summed E-state index contributed by atoms with van der Waals surface area (Å²) in [7, 11) is 0.414. The SMILES string of the molecule is CC(C)S(=O)(=O)c1cccc(C(=O)NCC(=O)Nc2nc(-c3cccc(N(C)C)c3)cs2)c1. The number of carbonyl (C=O) groups excluding carboxylic acids is 2. The lowest BCUT2D eigenvalue weighted by atomic mass is 10.1. The van der Waals surface area contributed by atoms with Gasteiger partial charge in [-0.15, -0.1) is 11.3 Å². The van der Waals surface area contributed by atoms with E-state index in [0.29, 0.717) is 5.13 Å². The summed E-state index contributed by atoms with van der Waals surface area (Å²) < 4.78 is 24.7. The Hall–Kier alpha value is -3.24. The molecule has 1 aromatic heterocycles. The third-order valence-electron chi connectivity index (χ3n) is 4.86. The summed E-state index contributed by atoms with van der Waals surface area (Å²) in [6.07, 6.45) is 0. The molecular weight excluding hydrogens is 460 g/mol. The Morgan fingerprint density at radius 2 is 1.82 bits per heavy atom. The zero-order valence-electron chi connectivity index (χ0n) is 18.8. The largest absolute Gasteiger partial charge is 0.378 e. The molecule has 8 nitrogen and oxygen atoms in total. The van der Waals surface area contributed by atoms with Crippen LogP contribution in [-0.4, -0.2) is 51.1 Å². The molecule has 0 fully saturated rings. The van der Waals surface area contributed by atoms with Crippen molar-refractivity contribution < 1.29 is 18.0 Å². The van der Waals surface area contributed by atoms with Crippen LogP contribution < -0.4 is 15.5 Å². The number of carbonyl (C=O) groups is 2. The Kier molecular flexibility index (Phi) is 7.50. The Labute approximate surface area is 197 Å². The van der Waals surface area contributed by atoms with Gasteiger partial charge in [-0.1, -0.05) is 18.2 Å². The van der Waals surface area contributed by atoms with Gasteiger partial charge in [-0.3, -0.25) is 9.59 Å².